The van der Waals surface area contributed by atoms with Gasteiger partial charge in [-0.05, 0) is 44.4 Å². The van der Waals surface area contributed by atoms with Crippen LogP contribution in [0.15, 0.2) is 53.0 Å². The Morgan fingerprint density at radius 3 is 2.09 bits per heavy atom. The van der Waals surface area contributed by atoms with Crippen LogP contribution < -0.4 is 0 Å². The minimum absolute atomic E-state index is 0.0139. The molecule has 0 fully saturated rings. The molecule has 0 spiro atoms. The van der Waals surface area contributed by atoms with Crippen molar-refractivity contribution in [1.82, 2.24) is 0 Å². The lowest BCUT2D eigenvalue weighted by atomic mass is 9.80. The van der Waals surface area contributed by atoms with E-state index < -0.39 is 34.4 Å². The van der Waals surface area contributed by atoms with Gasteiger partial charge in [-0.15, -0.1) is 0 Å². The Labute approximate surface area is 191 Å². The summed E-state index contributed by atoms with van der Waals surface area (Å²) in [5.41, 5.74) is 0.0936. The van der Waals surface area contributed by atoms with E-state index in [-0.39, 0.29) is 26.1 Å². The molecular weight excluding hydrogens is 436 g/mol. The molecule has 32 heavy (non-hydrogen) atoms. The summed E-state index contributed by atoms with van der Waals surface area (Å²) in [6, 6.07) is 7.12. The zero-order valence-electron chi connectivity index (χ0n) is 19.0. The van der Waals surface area contributed by atoms with Gasteiger partial charge in [0.05, 0.1) is 25.7 Å². The van der Waals surface area contributed by atoms with Crippen LogP contribution in [0.25, 0.3) is 0 Å². The van der Waals surface area contributed by atoms with Crippen molar-refractivity contribution in [3.05, 3.63) is 53.6 Å². The van der Waals surface area contributed by atoms with Crippen molar-refractivity contribution in [2.45, 2.75) is 38.5 Å². The van der Waals surface area contributed by atoms with Gasteiger partial charge in [0, 0.05) is 6.92 Å². The molecule has 8 nitrogen and oxygen atoms in total. The van der Waals surface area contributed by atoms with Crippen LogP contribution in [0.1, 0.15) is 32.3 Å². The summed E-state index contributed by atoms with van der Waals surface area (Å²) in [4.78, 5) is 36.6. The summed E-state index contributed by atoms with van der Waals surface area (Å²) in [7, 11) is 2.38. The van der Waals surface area contributed by atoms with E-state index in [1.807, 2.05) is 19.1 Å². The van der Waals surface area contributed by atoms with Gasteiger partial charge in [0.15, 0.2) is 16.5 Å². The van der Waals surface area contributed by atoms with Gasteiger partial charge < -0.3 is 14.2 Å². The van der Waals surface area contributed by atoms with Crippen molar-refractivity contribution in [2.75, 3.05) is 27.4 Å². The Balaban J connectivity index is 2.88. The van der Waals surface area contributed by atoms with Crippen molar-refractivity contribution in [3.8, 4) is 0 Å². The molecule has 0 N–H and O–H groups in total. The number of carbonyl (C=O) groups is 3. The zero-order valence-corrected chi connectivity index (χ0v) is 19.9. The first-order chi connectivity index (χ1) is 15.2. The van der Waals surface area contributed by atoms with Gasteiger partial charge in [-0.25, -0.2) is 4.21 Å². The Morgan fingerprint density at radius 1 is 0.969 bits per heavy atom. The van der Waals surface area contributed by atoms with Crippen molar-refractivity contribution in [1.29, 1.82) is 0 Å². The maximum Gasteiger partial charge on any atom is 0.323 e. The van der Waals surface area contributed by atoms with Gasteiger partial charge in [-0.2, -0.15) is 0 Å². The van der Waals surface area contributed by atoms with Crippen LogP contribution in [-0.4, -0.2) is 49.6 Å². The molecule has 0 aliphatic carbocycles. The first kappa shape index (κ1) is 27.3. The van der Waals surface area contributed by atoms with Gasteiger partial charge in [-0.1, -0.05) is 35.9 Å². The number of hydrogen-bond acceptors (Lipinski definition) is 8. The fourth-order valence-electron chi connectivity index (χ4n) is 2.68. The number of methoxy groups -OCH3 is 2. The summed E-state index contributed by atoms with van der Waals surface area (Å²) in [5, 5.41) is 0. The Bertz CT molecular complexity index is 854. The summed E-state index contributed by atoms with van der Waals surface area (Å²) in [5.74, 6) is -1.94. The third-order valence-electron chi connectivity index (χ3n) is 4.57. The molecule has 0 radical (unpaired) electrons. The molecule has 1 unspecified atom stereocenters. The third-order valence-corrected chi connectivity index (χ3v) is 5.58. The molecule has 1 aromatic carbocycles. The number of esters is 3. The number of carbonyl (C=O) groups excluding carboxylic acids is 3. The molecule has 1 rings (SSSR count). The second kappa shape index (κ2) is 13.6. The number of benzene rings is 1. The molecule has 0 heterocycles. The number of ether oxygens (including phenoxy) is 3. The SMILES string of the molecule is COC(=O)C(C/C=C/COS(=O)c1ccc(C)cc1)(C/C=C(\C)COC(C)=O)C(=O)OC. The second-order valence-electron chi connectivity index (χ2n) is 7.11. The minimum Gasteiger partial charge on any atom is -0.468 e. The predicted molar refractivity (Wildman–Crippen MR) is 119 cm³/mol. The monoisotopic (exact) mass is 466 g/mol. The number of hydrogen-bond donors (Lipinski definition) is 0. The minimum atomic E-state index is -1.64. The average Bonchev–Trinajstić information content (AvgIpc) is 2.78. The van der Waals surface area contributed by atoms with E-state index in [1.54, 1.807) is 37.3 Å². The van der Waals surface area contributed by atoms with Crippen molar-refractivity contribution in [2.24, 2.45) is 5.41 Å². The van der Waals surface area contributed by atoms with Crippen molar-refractivity contribution < 1.29 is 37.0 Å². The second-order valence-corrected chi connectivity index (χ2v) is 8.28. The van der Waals surface area contributed by atoms with E-state index in [2.05, 4.69) is 0 Å². The molecule has 0 saturated carbocycles. The van der Waals surface area contributed by atoms with E-state index in [0.717, 1.165) is 5.56 Å². The number of allylic oxidation sites excluding steroid dienone is 2. The first-order valence-corrected chi connectivity index (χ1v) is 11.0. The largest absolute Gasteiger partial charge is 0.468 e. The molecule has 0 aliphatic rings. The van der Waals surface area contributed by atoms with Crippen molar-refractivity contribution in [3.63, 3.8) is 0 Å². The highest BCUT2D eigenvalue weighted by Gasteiger charge is 2.46. The maximum absolute atomic E-state index is 12.5. The molecule has 9 heteroatoms. The smallest absolute Gasteiger partial charge is 0.323 e. The summed E-state index contributed by atoms with van der Waals surface area (Å²) in [6.07, 6.45) is 4.75. The normalized spacial score (nSPS) is 13.0. The van der Waals surface area contributed by atoms with Crippen LogP contribution in [-0.2, 0) is 43.9 Å². The van der Waals surface area contributed by atoms with Gasteiger partial charge >= 0.3 is 17.9 Å². The highest BCUT2D eigenvalue weighted by molar-refractivity contribution is 7.80. The Kier molecular flexibility index (Phi) is 11.6. The Hall–Kier alpha value is -2.78. The van der Waals surface area contributed by atoms with Crippen LogP contribution in [0, 0.1) is 12.3 Å². The predicted octanol–water partition coefficient (Wildman–Crippen LogP) is 3.21. The van der Waals surface area contributed by atoms with Gasteiger partial charge in [0.2, 0.25) is 0 Å². The average molecular weight is 467 g/mol. The standard InChI is InChI=1S/C23H30O8S/c1-17-8-10-20(11-9-17)32(27)31-15-7-6-13-23(21(25)28-4,22(26)29-5)14-12-18(2)16-30-19(3)24/h6-12H,13-16H2,1-5H3/b7-6+,18-12+. The molecule has 1 aromatic rings. The number of rotatable bonds is 12. The van der Waals surface area contributed by atoms with E-state index in [0.29, 0.717) is 10.5 Å². The summed E-state index contributed by atoms with van der Waals surface area (Å²) in [6.45, 7) is 4.99. The maximum atomic E-state index is 12.5. The van der Waals surface area contributed by atoms with E-state index >= 15 is 0 Å². The summed E-state index contributed by atoms with van der Waals surface area (Å²) < 4.78 is 32.1. The fourth-order valence-corrected chi connectivity index (χ4v) is 3.38. The van der Waals surface area contributed by atoms with Crippen LogP contribution in [0.3, 0.4) is 0 Å². The van der Waals surface area contributed by atoms with Crippen LogP contribution in [0.5, 0.6) is 0 Å². The van der Waals surface area contributed by atoms with Crippen LogP contribution in [0.2, 0.25) is 0 Å². The first-order valence-electron chi connectivity index (χ1n) is 9.88. The van der Waals surface area contributed by atoms with Gasteiger partial charge in [-0.3, -0.25) is 18.6 Å². The van der Waals surface area contributed by atoms with Gasteiger partial charge in [0.1, 0.15) is 6.61 Å². The highest BCUT2D eigenvalue weighted by Crippen LogP contribution is 2.32. The van der Waals surface area contributed by atoms with Crippen LogP contribution in [0.4, 0.5) is 0 Å². The molecule has 1 atom stereocenters. The molecule has 0 amide bonds. The highest BCUT2D eigenvalue weighted by atomic mass is 32.2. The molecule has 176 valence electrons. The Morgan fingerprint density at radius 2 is 1.56 bits per heavy atom. The van der Waals surface area contributed by atoms with Crippen molar-refractivity contribution >= 4 is 29.0 Å². The number of aryl methyl sites for hydroxylation is 1. The molecule has 0 bridgehead atoms. The molecule has 0 aromatic heterocycles. The van der Waals surface area contributed by atoms with Crippen LogP contribution >= 0.6 is 0 Å². The lowest BCUT2D eigenvalue weighted by Gasteiger charge is -2.26. The zero-order chi connectivity index (χ0) is 24.1. The summed E-state index contributed by atoms with van der Waals surface area (Å²) >= 11 is -1.64. The topological polar surface area (TPSA) is 105 Å². The van der Waals surface area contributed by atoms with Gasteiger partial charge in [0.25, 0.3) is 0 Å². The van der Waals surface area contributed by atoms with E-state index in [1.165, 1.54) is 21.1 Å². The lowest BCUT2D eigenvalue weighted by Crippen LogP contribution is -2.40. The van der Waals surface area contributed by atoms with E-state index in [4.69, 9.17) is 18.4 Å². The molecule has 0 aliphatic heterocycles. The molecular formula is C23H30O8S. The quantitative estimate of drug-likeness (QED) is 0.200. The lowest BCUT2D eigenvalue weighted by molar-refractivity contribution is -0.168. The van der Waals surface area contributed by atoms with E-state index in [9.17, 15) is 18.6 Å². The third kappa shape index (κ3) is 8.39. The molecule has 0 saturated heterocycles. The fraction of sp³-hybridized carbons (Fsp3) is 0.435.